The molecule has 2 rings (SSSR count). The summed E-state index contributed by atoms with van der Waals surface area (Å²) >= 11 is 0. The minimum Gasteiger partial charge on any atom is -0.457 e. The lowest BCUT2D eigenvalue weighted by atomic mass is 9.82. The lowest BCUT2D eigenvalue weighted by Gasteiger charge is -2.44. The van der Waals surface area contributed by atoms with Crippen molar-refractivity contribution in [1.82, 2.24) is 15.5 Å². The summed E-state index contributed by atoms with van der Waals surface area (Å²) in [6, 6.07) is -1.10. The lowest BCUT2D eigenvalue weighted by molar-refractivity contribution is -0.162. The fraction of sp³-hybridized carbons (Fsp3) is 0.478. The van der Waals surface area contributed by atoms with Crippen molar-refractivity contribution in [2.24, 2.45) is 5.92 Å². The van der Waals surface area contributed by atoms with Crippen molar-refractivity contribution in [1.29, 1.82) is 0 Å². The first kappa shape index (κ1) is 26.7. The molecule has 1 saturated heterocycles. The van der Waals surface area contributed by atoms with E-state index in [0.29, 0.717) is 12.0 Å². The van der Waals surface area contributed by atoms with Gasteiger partial charge in [-0.25, -0.2) is 14.4 Å². The summed E-state index contributed by atoms with van der Waals surface area (Å²) in [5.74, 6) is -1.72. The number of β-lactam (4-membered cyclic amide) rings is 1. The third kappa shape index (κ3) is 6.47. The highest BCUT2D eigenvalue weighted by Crippen LogP contribution is 2.45. The van der Waals surface area contributed by atoms with E-state index in [0.717, 1.165) is 0 Å². The minimum atomic E-state index is -0.886. The highest BCUT2D eigenvalue weighted by atomic mass is 16.6. The summed E-state index contributed by atoms with van der Waals surface area (Å²) in [5, 5.41) is 15.2. The number of carbonyl (C=O) groups is 4. The van der Waals surface area contributed by atoms with Crippen molar-refractivity contribution < 1.29 is 38.5 Å². The molecule has 4 atom stereocenters. The quantitative estimate of drug-likeness (QED) is 0.155. The van der Waals surface area contributed by atoms with Gasteiger partial charge in [-0.2, -0.15) is 0 Å². The molecule has 0 saturated carbocycles. The molecule has 186 valence electrons. The maximum absolute atomic E-state index is 12.7. The van der Waals surface area contributed by atoms with Gasteiger partial charge in [-0.05, 0) is 25.3 Å². The predicted octanol–water partition coefficient (Wildman–Crippen LogP) is 1.16. The third-order valence-corrected chi connectivity index (χ3v) is 5.32. The van der Waals surface area contributed by atoms with Gasteiger partial charge in [0.05, 0.1) is 24.1 Å². The highest BCUT2D eigenvalue weighted by Gasteiger charge is 2.56. The highest BCUT2D eigenvalue weighted by molar-refractivity contribution is 6.00. The number of amides is 3. The Morgan fingerprint density at radius 3 is 2.26 bits per heavy atom. The van der Waals surface area contributed by atoms with Crippen LogP contribution >= 0.6 is 0 Å². The van der Waals surface area contributed by atoms with Crippen molar-refractivity contribution >= 4 is 24.1 Å². The summed E-state index contributed by atoms with van der Waals surface area (Å²) in [4.78, 5) is 50.7. The molecule has 0 aromatic carbocycles. The van der Waals surface area contributed by atoms with Crippen LogP contribution in [0.5, 0.6) is 0 Å². The van der Waals surface area contributed by atoms with E-state index in [1.165, 1.54) is 30.1 Å². The Hall–Kier alpha value is -3.60. The van der Waals surface area contributed by atoms with Crippen LogP contribution in [-0.2, 0) is 23.8 Å². The van der Waals surface area contributed by atoms with E-state index >= 15 is 0 Å². The summed E-state index contributed by atoms with van der Waals surface area (Å²) in [7, 11) is 0. The average Bonchev–Trinajstić information content (AvgIpc) is 3.11. The minimum absolute atomic E-state index is 0.00916. The fourth-order valence-electron chi connectivity index (χ4n) is 3.94. The van der Waals surface area contributed by atoms with E-state index in [2.05, 4.69) is 30.4 Å². The van der Waals surface area contributed by atoms with Crippen LogP contribution in [0, 0.1) is 5.92 Å². The van der Waals surface area contributed by atoms with Crippen molar-refractivity contribution in [2.45, 2.75) is 38.0 Å². The van der Waals surface area contributed by atoms with Crippen molar-refractivity contribution in [3.63, 3.8) is 0 Å². The zero-order valence-corrected chi connectivity index (χ0v) is 19.2. The Balaban J connectivity index is 2.24. The van der Waals surface area contributed by atoms with Crippen molar-refractivity contribution in [2.75, 3.05) is 26.4 Å². The van der Waals surface area contributed by atoms with Gasteiger partial charge in [-0.1, -0.05) is 38.0 Å². The number of nitrogens with one attached hydrogen (secondary N) is 2. The maximum Gasteiger partial charge on any atom is 0.407 e. The second-order valence-electron chi connectivity index (χ2n) is 7.79. The maximum atomic E-state index is 12.7. The van der Waals surface area contributed by atoms with Gasteiger partial charge in [0.2, 0.25) is 5.91 Å². The molecule has 3 amide bonds. The van der Waals surface area contributed by atoms with Crippen LogP contribution < -0.4 is 10.6 Å². The van der Waals surface area contributed by atoms with E-state index in [4.69, 9.17) is 14.2 Å². The molecule has 11 nitrogen and oxygen atoms in total. The van der Waals surface area contributed by atoms with Gasteiger partial charge >= 0.3 is 18.2 Å². The number of rotatable bonds is 13. The number of alkyl carbamates (subject to hydrolysis) is 2. The number of carbonyl (C=O) groups excluding carboxylic acids is 4. The largest absolute Gasteiger partial charge is 0.457 e. The van der Waals surface area contributed by atoms with Gasteiger partial charge in [0.15, 0.2) is 0 Å². The molecule has 3 N–H and O–H groups in total. The Labute approximate surface area is 198 Å². The van der Waals surface area contributed by atoms with Gasteiger partial charge < -0.3 is 34.9 Å². The van der Waals surface area contributed by atoms with Crippen LogP contribution in [0.2, 0.25) is 0 Å². The third-order valence-electron chi connectivity index (χ3n) is 5.32. The van der Waals surface area contributed by atoms with Gasteiger partial charge in [0.25, 0.3) is 0 Å². The molecule has 0 radical (unpaired) electrons. The molecule has 0 aromatic rings. The van der Waals surface area contributed by atoms with Crippen LogP contribution in [0.4, 0.5) is 9.59 Å². The Bertz CT molecular complexity index is 866. The van der Waals surface area contributed by atoms with Crippen LogP contribution in [0.3, 0.4) is 0 Å². The van der Waals surface area contributed by atoms with Crippen LogP contribution in [-0.4, -0.2) is 78.6 Å². The molecule has 11 heteroatoms. The predicted molar refractivity (Wildman–Crippen MR) is 121 cm³/mol. The normalized spacial score (nSPS) is 20.3. The molecular formula is C23H31N3O8. The standard InChI is InChI=1S/C23H31N3O8/c1-5-8-32-21(29)19-15(12-17-18(14(4)27)20(28)26(17)19)11-16(25-23(31)34-10-7-3)13-24-22(30)33-9-6-2/h5-7,14,16-18,27H,1-3,8-13H2,4H3,(H,24,30)(H,25,31)/t14-,16-,17-,18-/m1/s1. The number of nitrogens with zero attached hydrogens (tertiary/aromatic N) is 1. The molecule has 2 heterocycles. The SMILES string of the molecule is C=CCOC(=O)NC[C@@H](CC1=C(C(=O)OCC=C)N2C(=O)[C@H]([C@@H](C)O)[C@H]2C1)NC(=O)OCC=C. The Morgan fingerprint density at radius 1 is 1.09 bits per heavy atom. The first-order chi connectivity index (χ1) is 16.2. The molecular weight excluding hydrogens is 446 g/mol. The number of aliphatic hydroxyl groups excluding tert-OH is 1. The van der Waals surface area contributed by atoms with Gasteiger partial charge in [0, 0.05) is 6.54 Å². The molecule has 0 aromatic heterocycles. The van der Waals surface area contributed by atoms with Gasteiger partial charge in [-0.3, -0.25) is 4.79 Å². The second kappa shape index (κ2) is 12.6. The summed E-state index contributed by atoms with van der Waals surface area (Å²) in [6.45, 7) is 11.9. The second-order valence-corrected chi connectivity index (χ2v) is 7.79. The number of hydrogen-bond donors (Lipinski definition) is 3. The first-order valence-electron chi connectivity index (χ1n) is 10.8. The van der Waals surface area contributed by atoms with Gasteiger partial charge in [0.1, 0.15) is 25.5 Å². The number of hydrogen-bond acceptors (Lipinski definition) is 8. The molecule has 1 fully saturated rings. The fourth-order valence-corrected chi connectivity index (χ4v) is 3.94. The molecule has 2 aliphatic rings. The van der Waals surface area contributed by atoms with Crippen LogP contribution in [0.1, 0.15) is 19.8 Å². The molecule has 0 spiro atoms. The van der Waals surface area contributed by atoms with Gasteiger partial charge in [-0.15, -0.1) is 0 Å². The van der Waals surface area contributed by atoms with Crippen molar-refractivity contribution in [3.05, 3.63) is 49.2 Å². The monoisotopic (exact) mass is 477 g/mol. The molecule has 2 aliphatic heterocycles. The molecule has 0 aliphatic carbocycles. The number of aliphatic hydroxyl groups is 1. The topological polar surface area (TPSA) is 144 Å². The van der Waals surface area contributed by atoms with Crippen LogP contribution in [0.25, 0.3) is 0 Å². The summed E-state index contributed by atoms with van der Waals surface area (Å²) < 4.78 is 15.0. The average molecular weight is 478 g/mol. The van der Waals surface area contributed by atoms with E-state index in [1.54, 1.807) is 0 Å². The lowest BCUT2D eigenvalue weighted by Crippen LogP contribution is -2.61. The van der Waals surface area contributed by atoms with Crippen LogP contribution in [0.15, 0.2) is 49.2 Å². The number of fused-ring (bicyclic) bond motifs is 1. The zero-order chi connectivity index (χ0) is 25.3. The number of esters is 1. The number of ether oxygens (including phenoxy) is 3. The first-order valence-corrected chi connectivity index (χ1v) is 10.8. The zero-order valence-electron chi connectivity index (χ0n) is 19.2. The van der Waals surface area contributed by atoms with E-state index < -0.39 is 42.3 Å². The van der Waals surface area contributed by atoms with E-state index in [-0.39, 0.29) is 44.4 Å². The van der Waals surface area contributed by atoms with E-state index in [1.807, 2.05) is 0 Å². The Morgan fingerprint density at radius 2 is 1.68 bits per heavy atom. The molecule has 0 bridgehead atoms. The summed E-state index contributed by atoms with van der Waals surface area (Å²) in [6.07, 6.45) is 2.28. The van der Waals surface area contributed by atoms with Crippen molar-refractivity contribution in [3.8, 4) is 0 Å². The Kier molecular flexibility index (Phi) is 9.87. The smallest absolute Gasteiger partial charge is 0.407 e. The van der Waals surface area contributed by atoms with E-state index in [9.17, 15) is 24.3 Å². The molecule has 0 unspecified atom stereocenters. The summed E-state index contributed by atoms with van der Waals surface area (Å²) in [5.41, 5.74) is 0.625. The molecule has 34 heavy (non-hydrogen) atoms.